The highest BCUT2D eigenvalue weighted by Gasteiger charge is 2.47. The maximum atomic E-state index is 13.4. The van der Waals surface area contributed by atoms with Gasteiger partial charge in [-0.15, -0.1) is 0 Å². The van der Waals surface area contributed by atoms with Gasteiger partial charge in [0.1, 0.15) is 12.6 Å². The normalized spacial score (nSPS) is 20.8. The summed E-state index contributed by atoms with van der Waals surface area (Å²) < 4.78 is 0. The van der Waals surface area contributed by atoms with Crippen molar-refractivity contribution in [1.29, 1.82) is 0 Å². The number of nitrogens with one attached hydrogen (secondary N) is 2. The number of nitrogens with zero attached hydrogens (tertiary/aromatic N) is 3. The minimum absolute atomic E-state index is 0.101. The summed E-state index contributed by atoms with van der Waals surface area (Å²) in [7, 11) is 0. The van der Waals surface area contributed by atoms with Crippen LogP contribution in [0.2, 0.25) is 0 Å². The number of para-hydroxylation sites is 1. The van der Waals surface area contributed by atoms with Crippen molar-refractivity contribution in [3.05, 3.63) is 59.4 Å². The maximum Gasteiger partial charge on any atom is 0.327 e. The number of aromatic nitrogens is 1. The number of benzene rings is 1. The monoisotopic (exact) mass is 435 g/mol. The van der Waals surface area contributed by atoms with Gasteiger partial charge in [-0.05, 0) is 55.5 Å². The smallest absolute Gasteiger partial charge is 0.324 e. The van der Waals surface area contributed by atoms with Gasteiger partial charge >= 0.3 is 6.03 Å². The highest BCUT2D eigenvalue weighted by molar-refractivity contribution is 6.03. The number of imide groups is 1. The van der Waals surface area contributed by atoms with Gasteiger partial charge in [-0.3, -0.25) is 19.5 Å². The number of carbonyl (C=O) groups excluding carboxylic acids is 3. The topological polar surface area (TPSA) is 94.6 Å². The summed E-state index contributed by atoms with van der Waals surface area (Å²) in [6.07, 6.45) is 5.62. The SMILES string of the molecule is CCc1cccc(C)c1NC(=O)CN1C(=O)N(Cc2cccnc2)C(=O)C2NCCCC21. The van der Waals surface area contributed by atoms with Crippen molar-refractivity contribution >= 4 is 23.5 Å². The van der Waals surface area contributed by atoms with Crippen molar-refractivity contribution in [2.45, 2.75) is 51.7 Å². The molecule has 0 spiro atoms. The van der Waals surface area contributed by atoms with Crippen LogP contribution in [0, 0.1) is 6.92 Å². The van der Waals surface area contributed by atoms with Crippen LogP contribution in [0.3, 0.4) is 0 Å². The molecule has 2 aromatic rings. The van der Waals surface area contributed by atoms with Gasteiger partial charge in [0.05, 0.1) is 12.6 Å². The number of piperidine rings is 1. The fraction of sp³-hybridized carbons (Fsp3) is 0.417. The number of carbonyl (C=O) groups is 3. The summed E-state index contributed by atoms with van der Waals surface area (Å²) in [4.78, 5) is 46.4. The Morgan fingerprint density at radius 3 is 2.84 bits per heavy atom. The third-order valence-electron chi connectivity index (χ3n) is 6.22. The fourth-order valence-electron chi connectivity index (χ4n) is 4.56. The van der Waals surface area contributed by atoms with Gasteiger partial charge in [-0.25, -0.2) is 4.79 Å². The van der Waals surface area contributed by atoms with Crippen molar-refractivity contribution < 1.29 is 14.4 Å². The van der Waals surface area contributed by atoms with E-state index in [2.05, 4.69) is 15.6 Å². The van der Waals surface area contributed by atoms with Crippen LogP contribution in [0.1, 0.15) is 36.5 Å². The van der Waals surface area contributed by atoms with E-state index in [1.54, 1.807) is 23.4 Å². The van der Waals surface area contributed by atoms with Crippen molar-refractivity contribution in [3.8, 4) is 0 Å². The highest BCUT2D eigenvalue weighted by Crippen LogP contribution is 2.26. The second-order valence-corrected chi connectivity index (χ2v) is 8.35. The second-order valence-electron chi connectivity index (χ2n) is 8.35. The van der Waals surface area contributed by atoms with E-state index in [0.29, 0.717) is 13.0 Å². The first-order chi connectivity index (χ1) is 15.5. The standard InChI is InChI=1S/C24H29N5O3/c1-3-18-9-4-7-16(2)21(18)27-20(30)15-28-19-10-6-12-26-22(19)23(31)29(24(28)32)14-17-8-5-11-25-13-17/h4-5,7-9,11,13,19,22,26H,3,6,10,12,14-15H2,1-2H3,(H,27,30). The third kappa shape index (κ3) is 4.36. The van der Waals surface area contributed by atoms with Gasteiger partial charge in [0.2, 0.25) is 11.8 Å². The number of pyridine rings is 1. The van der Waals surface area contributed by atoms with Gasteiger partial charge < -0.3 is 15.5 Å². The van der Waals surface area contributed by atoms with Crippen LogP contribution in [0.4, 0.5) is 10.5 Å². The summed E-state index contributed by atoms with van der Waals surface area (Å²) in [5.41, 5.74) is 3.59. The Morgan fingerprint density at radius 2 is 2.09 bits per heavy atom. The number of hydrogen-bond donors (Lipinski definition) is 2. The molecule has 2 saturated heterocycles. The van der Waals surface area contributed by atoms with Crippen LogP contribution in [-0.4, -0.2) is 57.8 Å². The van der Waals surface area contributed by atoms with E-state index < -0.39 is 12.1 Å². The van der Waals surface area contributed by atoms with Crippen LogP contribution in [0.25, 0.3) is 0 Å². The van der Waals surface area contributed by atoms with Gasteiger partial charge in [0, 0.05) is 18.1 Å². The van der Waals surface area contributed by atoms with E-state index in [0.717, 1.165) is 35.2 Å². The lowest BCUT2D eigenvalue weighted by molar-refractivity contribution is -0.138. The van der Waals surface area contributed by atoms with Crippen molar-refractivity contribution in [2.24, 2.45) is 0 Å². The van der Waals surface area contributed by atoms with Crippen molar-refractivity contribution in [2.75, 3.05) is 18.4 Å². The molecule has 2 atom stereocenters. The summed E-state index contributed by atoms with van der Waals surface area (Å²) in [6, 6.07) is 8.25. The predicted molar refractivity (Wildman–Crippen MR) is 121 cm³/mol. The van der Waals surface area contributed by atoms with Gasteiger partial charge in [-0.1, -0.05) is 31.2 Å². The van der Waals surface area contributed by atoms with Crippen LogP contribution >= 0.6 is 0 Å². The number of anilines is 1. The molecule has 3 heterocycles. The minimum Gasteiger partial charge on any atom is -0.324 e. The first-order valence-corrected chi connectivity index (χ1v) is 11.1. The zero-order valence-electron chi connectivity index (χ0n) is 18.5. The summed E-state index contributed by atoms with van der Waals surface area (Å²) in [6.45, 7) is 4.74. The van der Waals surface area contributed by atoms with Crippen molar-refractivity contribution in [1.82, 2.24) is 20.1 Å². The zero-order valence-corrected chi connectivity index (χ0v) is 18.5. The third-order valence-corrected chi connectivity index (χ3v) is 6.22. The molecule has 4 amide bonds. The molecule has 4 rings (SSSR count). The molecule has 0 radical (unpaired) electrons. The highest BCUT2D eigenvalue weighted by atomic mass is 16.2. The summed E-state index contributed by atoms with van der Waals surface area (Å²) in [5, 5.41) is 6.26. The van der Waals surface area contributed by atoms with E-state index in [1.165, 1.54) is 4.90 Å². The summed E-state index contributed by atoms with van der Waals surface area (Å²) in [5.74, 6) is -0.505. The van der Waals surface area contributed by atoms with E-state index >= 15 is 0 Å². The Balaban J connectivity index is 1.56. The lowest BCUT2D eigenvalue weighted by Crippen LogP contribution is -2.70. The average Bonchev–Trinajstić information content (AvgIpc) is 2.81. The van der Waals surface area contributed by atoms with E-state index in [1.807, 2.05) is 38.1 Å². The quantitative estimate of drug-likeness (QED) is 0.727. The van der Waals surface area contributed by atoms with E-state index in [4.69, 9.17) is 0 Å². The van der Waals surface area contributed by atoms with Crippen molar-refractivity contribution in [3.63, 3.8) is 0 Å². The summed E-state index contributed by atoms with van der Waals surface area (Å²) >= 11 is 0. The first kappa shape index (κ1) is 22.0. The average molecular weight is 436 g/mol. The molecule has 1 aromatic carbocycles. The molecular formula is C24H29N5O3. The first-order valence-electron chi connectivity index (χ1n) is 11.1. The van der Waals surface area contributed by atoms with Gasteiger partial charge in [0.15, 0.2) is 0 Å². The molecule has 0 bridgehead atoms. The second kappa shape index (κ2) is 9.48. The molecule has 0 saturated carbocycles. The Labute approximate surface area is 188 Å². The Kier molecular flexibility index (Phi) is 6.50. The number of fused-ring (bicyclic) bond motifs is 1. The molecule has 32 heavy (non-hydrogen) atoms. The fourth-order valence-corrected chi connectivity index (χ4v) is 4.56. The lowest BCUT2D eigenvalue weighted by atomic mass is 9.93. The molecule has 2 N–H and O–H groups in total. The molecule has 0 aliphatic carbocycles. The zero-order chi connectivity index (χ0) is 22.7. The largest absolute Gasteiger partial charge is 0.327 e. The van der Waals surface area contributed by atoms with Crippen LogP contribution in [0.5, 0.6) is 0 Å². The number of amides is 4. The molecule has 1 aromatic heterocycles. The van der Waals surface area contributed by atoms with Crippen LogP contribution < -0.4 is 10.6 Å². The molecule has 2 fully saturated rings. The molecular weight excluding hydrogens is 406 g/mol. The Hall–Kier alpha value is -3.26. The number of hydrogen-bond acceptors (Lipinski definition) is 5. The number of rotatable bonds is 6. The van der Waals surface area contributed by atoms with Gasteiger partial charge in [-0.2, -0.15) is 0 Å². The minimum atomic E-state index is -0.504. The van der Waals surface area contributed by atoms with Gasteiger partial charge in [0.25, 0.3) is 0 Å². The molecule has 168 valence electrons. The Morgan fingerprint density at radius 1 is 1.25 bits per heavy atom. The lowest BCUT2D eigenvalue weighted by Gasteiger charge is -2.46. The number of aryl methyl sites for hydroxylation is 2. The maximum absolute atomic E-state index is 13.4. The molecule has 2 aliphatic rings. The van der Waals surface area contributed by atoms with Crippen LogP contribution in [0.15, 0.2) is 42.7 Å². The van der Waals surface area contributed by atoms with E-state index in [9.17, 15) is 14.4 Å². The molecule has 2 aliphatic heterocycles. The number of urea groups is 1. The molecule has 8 nitrogen and oxygen atoms in total. The molecule has 8 heteroatoms. The molecule has 2 unspecified atom stereocenters. The Bertz CT molecular complexity index is 1010. The van der Waals surface area contributed by atoms with E-state index in [-0.39, 0.29) is 30.9 Å². The predicted octanol–water partition coefficient (Wildman–Crippen LogP) is 2.48. The van der Waals surface area contributed by atoms with Crippen LogP contribution in [-0.2, 0) is 22.6 Å².